The number of hydrogen-bond acceptors (Lipinski definition) is 2. The van der Waals surface area contributed by atoms with E-state index in [1.54, 1.807) is 0 Å². The van der Waals surface area contributed by atoms with Crippen molar-refractivity contribution in [1.29, 1.82) is 0 Å². The van der Waals surface area contributed by atoms with Gasteiger partial charge < -0.3 is 13.9 Å². The van der Waals surface area contributed by atoms with Crippen LogP contribution in [-0.2, 0) is 0 Å². The fourth-order valence-corrected chi connectivity index (χ4v) is 7.58. The van der Waals surface area contributed by atoms with E-state index >= 15 is 0 Å². The van der Waals surface area contributed by atoms with Gasteiger partial charge in [0.25, 0.3) is 0 Å². The maximum atomic E-state index is 6.77. The van der Waals surface area contributed by atoms with Crippen molar-refractivity contribution >= 4 is 60.8 Å². The summed E-state index contributed by atoms with van der Waals surface area (Å²) in [5.74, 6) is 0. The number of rotatable bonds is 6. The zero-order chi connectivity index (χ0) is 33.7. The molecule has 51 heavy (non-hydrogen) atoms. The van der Waals surface area contributed by atoms with Crippen LogP contribution >= 0.6 is 0 Å². The zero-order valence-corrected chi connectivity index (χ0v) is 27.8. The summed E-state index contributed by atoms with van der Waals surface area (Å²) < 4.78 is 9.10. The number of furan rings is 1. The lowest BCUT2D eigenvalue weighted by molar-refractivity contribution is 0.673. The maximum Gasteiger partial charge on any atom is 0.145 e. The van der Waals surface area contributed by atoms with E-state index < -0.39 is 0 Å². The highest BCUT2D eigenvalue weighted by molar-refractivity contribution is 6.24. The minimum atomic E-state index is 0.872. The normalized spacial score (nSPS) is 11.5. The van der Waals surface area contributed by atoms with E-state index in [1.165, 1.54) is 27.6 Å². The predicted octanol–water partition coefficient (Wildman–Crippen LogP) is 13.5. The molecule has 3 nitrogen and oxygen atoms in total. The van der Waals surface area contributed by atoms with Crippen molar-refractivity contribution in [3.05, 3.63) is 194 Å². The highest BCUT2D eigenvalue weighted by Crippen LogP contribution is 2.43. The molecule has 0 aliphatic carbocycles. The molecule has 8 aromatic carbocycles. The Morgan fingerprint density at radius 2 is 0.902 bits per heavy atom. The molecule has 10 aromatic rings. The van der Waals surface area contributed by atoms with Crippen molar-refractivity contribution in [1.82, 2.24) is 4.57 Å². The summed E-state index contributed by atoms with van der Waals surface area (Å²) in [5, 5.41) is 4.51. The Labute approximate surface area is 295 Å². The van der Waals surface area contributed by atoms with Crippen LogP contribution in [0.4, 0.5) is 17.1 Å². The molecular formula is C48H32N2O. The number of benzene rings is 8. The molecule has 0 unspecified atom stereocenters. The average Bonchev–Trinajstić information content (AvgIpc) is 3.75. The van der Waals surface area contributed by atoms with Crippen molar-refractivity contribution in [2.45, 2.75) is 0 Å². The van der Waals surface area contributed by atoms with Gasteiger partial charge >= 0.3 is 0 Å². The average molecular weight is 653 g/mol. The van der Waals surface area contributed by atoms with E-state index in [2.05, 4.69) is 204 Å². The van der Waals surface area contributed by atoms with Crippen LogP contribution < -0.4 is 4.90 Å². The van der Waals surface area contributed by atoms with Crippen LogP contribution in [0.3, 0.4) is 0 Å². The second kappa shape index (κ2) is 11.9. The van der Waals surface area contributed by atoms with Crippen molar-refractivity contribution in [3.8, 4) is 27.9 Å². The van der Waals surface area contributed by atoms with Crippen molar-refractivity contribution in [2.75, 3.05) is 4.90 Å². The molecule has 3 heteroatoms. The van der Waals surface area contributed by atoms with Crippen LogP contribution in [0.15, 0.2) is 199 Å². The SMILES string of the molecule is c1ccc(-c2ccc(N(c3ccc(-c4ccccc4)cc3)c3ccc4oc5c(ccc6c5c5ccccc5n6-c5ccccc5)c4c3)cc2)cc1. The molecule has 0 aliphatic rings. The van der Waals surface area contributed by atoms with E-state index in [0.717, 1.165) is 61.1 Å². The molecule has 0 N–H and O–H groups in total. The fraction of sp³-hybridized carbons (Fsp3) is 0. The lowest BCUT2D eigenvalue weighted by Gasteiger charge is -2.26. The quantitative estimate of drug-likeness (QED) is 0.178. The molecule has 0 atom stereocenters. The Hall–Kier alpha value is -6.84. The first-order valence-electron chi connectivity index (χ1n) is 17.4. The summed E-state index contributed by atoms with van der Waals surface area (Å²) in [5.41, 5.74) is 13.2. The molecule has 0 spiro atoms. The van der Waals surface area contributed by atoms with Gasteiger partial charge in [-0.3, -0.25) is 0 Å². The van der Waals surface area contributed by atoms with E-state index in [4.69, 9.17) is 4.42 Å². The van der Waals surface area contributed by atoms with Crippen LogP contribution in [0.25, 0.3) is 71.7 Å². The van der Waals surface area contributed by atoms with E-state index in [0.29, 0.717) is 0 Å². The third-order valence-corrected chi connectivity index (χ3v) is 9.99. The van der Waals surface area contributed by atoms with Crippen molar-refractivity contribution in [3.63, 3.8) is 0 Å². The van der Waals surface area contributed by atoms with Gasteiger partial charge in [-0.2, -0.15) is 0 Å². The highest BCUT2D eigenvalue weighted by atomic mass is 16.3. The van der Waals surface area contributed by atoms with E-state index in [-0.39, 0.29) is 0 Å². The molecular weight excluding hydrogens is 621 g/mol. The monoisotopic (exact) mass is 652 g/mol. The molecule has 10 rings (SSSR count). The van der Waals surface area contributed by atoms with Crippen LogP contribution in [-0.4, -0.2) is 4.57 Å². The molecule has 0 bridgehead atoms. The second-order valence-electron chi connectivity index (χ2n) is 13.0. The van der Waals surface area contributed by atoms with Gasteiger partial charge in [-0.15, -0.1) is 0 Å². The van der Waals surface area contributed by atoms with Gasteiger partial charge in [0.2, 0.25) is 0 Å². The second-order valence-corrected chi connectivity index (χ2v) is 13.0. The molecule has 240 valence electrons. The molecule has 0 radical (unpaired) electrons. The van der Waals surface area contributed by atoms with Crippen LogP contribution in [0, 0.1) is 0 Å². The predicted molar refractivity (Wildman–Crippen MR) is 214 cm³/mol. The van der Waals surface area contributed by atoms with E-state index in [9.17, 15) is 0 Å². The van der Waals surface area contributed by atoms with Crippen molar-refractivity contribution in [2.24, 2.45) is 0 Å². The minimum absolute atomic E-state index is 0.872. The Balaban J connectivity index is 1.15. The van der Waals surface area contributed by atoms with Crippen LogP contribution in [0.5, 0.6) is 0 Å². The first-order valence-corrected chi connectivity index (χ1v) is 17.4. The maximum absolute atomic E-state index is 6.77. The summed E-state index contributed by atoms with van der Waals surface area (Å²) in [6, 6.07) is 69.0. The fourth-order valence-electron chi connectivity index (χ4n) is 7.58. The molecule has 0 fully saturated rings. The minimum Gasteiger partial charge on any atom is -0.455 e. The lowest BCUT2D eigenvalue weighted by Crippen LogP contribution is -2.09. The zero-order valence-electron chi connectivity index (χ0n) is 27.8. The summed E-state index contributed by atoms with van der Waals surface area (Å²) in [6.07, 6.45) is 0. The Bertz CT molecular complexity index is 2730. The van der Waals surface area contributed by atoms with Gasteiger partial charge in [-0.25, -0.2) is 0 Å². The Kier molecular flexibility index (Phi) is 6.81. The molecule has 0 saturated heterocycles. The number of anilines is 3. The number of fused-ring (bicyclic) bond motifs is 7. The van der Waals surface area contributed by atoms with Crippen LogP contribution in [0.2, 0.25) is 0 Å². The molecule has 2 aromatic heterocycles. The molecule has 2 heterocycles. The summed E-state index contributed by atoms with van der Waals surface area (Å²) in [7, 11) is 0. The van der Waals surface area contributed by atoms with Gasteiger partial charge in [-0.1, -0.05) is 121 Å². The van der Waals surface area contributed by atoms with Crippen molar-refractivity contribution < 1.29 is 4.42 Å². The van der Waals surface area contributed by atoms with Gasteiger partial charge in [0.1, 0.15) is 11.2 Å². The van der Waals surface area contributed by atoms with Gasteiger partial charge in [0, 0.05) is 38.9 Å². The third kappa shape index (κ3) is 4.90. The standard InChI is InChI=1S/C48H32N2O/c1-4-12-33(13-5-1)35-20-24-38(25-21-35)49(39-26-22-36(23-27-39)34-14-6-2-7-15-34)40-28-31-46-43(32-40)41-29-30-45-47(48(41)51-46)42-18-10-11-19-44(42)50(45)37-16-8-3-9-17-37/h1-32H. The number of hydrogen-bond donors (Lipinski definition) is 0. The van der Waals surface area contributed by atoms with Crippen LogP contribution in [0.1, 0.15) is 0 Å². The number of para-hydroxylation sites is 2. The largest absolute Gasteiger partial charge is 0.455 e. The number of nitrogens with zero attached hydrogens (tertiary/aromatic N) is 2. The smallest absolute Gasteiger partial charge is 0.145 e. The molecule has 0 aliphatic heterocycles. The third-order valence-electron chi connectivity index (χ3n) is 9.99. The molecule has 0 amide bonds. The summed E-state index contributed by atoms with van der Waals surface area (Å²) in [4.78, 5) is 2.33. The first-order chi connectivity index (χ1) is 25.3. The molecule has 0 saturated carbocycles. The topological polar surface area (TPSA) is 21.3 Å². The first kappa shape index (κ1) is 29.1. The van der Waals surface area contributed by atoms with Gasteiger partial charge in [-0.05, 0) is 95.1 Å². The highest BCUT2D eigenvalue weighted by Gasteiger charge is 2.20. The summed E-state index contributed by atoms with van der Waals surface area (Å²) >= 11 is 0. The van der Waals surface area contributed by atoms with Gasteiger partial charge in [0.15, 0.2) is 0 Å². The summed E-state index contributed by atoms with van der Waals surface area (Å²) in [6.45, 7) is 0. The number of aromatic nitrogens is 1. The lowest BCUT2D eigenvalue weighted by atomic mass is 10.0. The Morgan fingerprint density at radius 1 is 0.373 bits per heavy atom. The van der Waals surface area contributed by atoms with Gasteiger partial charge in [0.05, 0.1) is 16.4 Å². The van der Waals surface area contributed by atoms with E-state index in [1.807, 2.05) is 0 Å². The Morgan fingerprint density at radius 3 is 1.53 bits per heavy atom.